The van der Waals surface area contributed by atoms with Crippen LogP contribution in [-0.4, -0.2) is 52.0 Å². The number of rotatable bonds is 6. The number of para-hydroxylation sites is 1. The number of hydrogen-bond donors (Lipinski definition) is 2. The number of nitrogens with one attached hydrogen (secondary N) is 1. The Balaban J connectivity index is 1.18. The van der Waals surface area contributed by atoms with Gasteiger partial charge in [0, 0.05) is 66.1 Å². The molecule has 8 heteroatoms. The van der Waals surface area contributed by atoms with Crippen molar-refractivity contribution in [1.82, 2.24) is 14.8 Å². The molecule has 1 amide bonds. The van der Waals surface area contributed by atoms with Gasteiger partial charge in [-0.05, 0) is 79.4 Å². The van der Waals surface area contributed by atoms with E-state index in [1.54, 1.807) is 12.3 Å². The van der Waals surface area contributed by atoms with Crippen molar-refractivity contribution >= 4 is 46.0 Å². The quantitative estimate of drug-likeness (QED) is 0.281. The van der Waals surface area contributed by atoms with Crippen molar-refractivity contribution in [2.75, 3.05) is 30.9 Å². The van der Waals surface area contributed by atoms with Crippen molar-refractivity contribution in [3.05, 3.63) is 94.6 Å². The third kappa shape index (κ3) is 6.01. The van der Waals surface area contributed by atoms with E-state index < -0.39 is 0 Å². The summed E-state index contributed by atoms with van der Waals surface area (Å²) < 4.78 is 3.36. The molecular formula is C29H29ClN4O2S. The lowest BCUT2D eigenvalue weighted by Crippen LogP contribution is -2.35. The second-order valence-electron chi connectivity index (χ2n) is 9.26. The van der Waals surface area contributed by atoms with Crippen molar-refractivity contribution in [2.24, 2.45) is 0 Å². The number of amides is 1. The zero-order chi connectivity index (χ0) is 25.8. The first-order chi connectivity index (χ1) is 18.0. The van der Waals surface area contributed by atoms with E-state index in [2.05, 4.69) is 26.7 Å². The van der Waals surface area contributed by atoms with Crippen LogP contribution >= 0.6 is 23.5 Å². The molecule has 5 rings (SSSR count). The van der Waals surface area contributed by atoms with Crippen LogP contribution in [0.4, 0.5) is 5.69 Å². The number of carbonyl (C=O) groups excluding carboxylic acids is 1. The monoisotopic (exact) mass is 532 g/mol. The van der Waals surface area contributed by atoms with Gasteiger partial charge in [-0.15, -0.1) is 0 Å². The van der Waals surface area contributed by atoms with Gasteiger partial charge in [0.15, 0.2) is 0 Å². The fourth-order valence-corrected chi connectivity index (χ4v) is 5.51. The van der Waals surface area contributed by atoms with E-state index in [0.717, 1.165) is 52.1 Å². The Bertz CT molecular complexity index is 1410. The Hall–Kier alpha value is -3.26. The number of pyridine rings is 1. The first-order valence-corrected chi connectivity index (χ1v) is 13.5. The number of phenols is 1. The van der Waals surface area contributed by atoms with Gasteiger partial charge in [-0.3, -0.25) is 14.7 Å². The molecule has 6 nitrogen and oxygen atoms in total. The van der Waals surface area contributed by atoms with Gasteiger partial charge in [0.2, 0.25) is 0 Å². The number of nitrogens with zero attached hydrogens (tertiary/aromatic N) is 3. The smallest absolute Gasteiger partial charge is 0.253 e. The van der Waals surface area contributed by atoms with E-state index in [9.17, 15) is 9.90 Å². The van der Waals surface area contributed by atoms with Crippen LogP contribution in [0.3, 0.4) is 0 Å². The summed E-state index contributed by atoms with van der Waals surface area (Å²) in [4.78, 5) is 22.9. The Kier molecular flexibility index (Phi) is 7.84. The lowest BCUT2D eigenvalue weighted by Gasteiger charge is -2.22. The van der Waals surface area contributed by atoms with E-state index in [4.69, 9.17) is 11.6 Å². The molecule has 0 saturated carbocycles. The van der Waals surface area contributed by atoms with Gasteiger partial charge in [0.05, 0.1) is 10.4 Å². The van der Waals surface area contributed by atoms with E-state index in [0.29, 0.717) is 30.2 Å². The van der Waals surface area contributed by atoms with Crippen LogP contribution in [0.1, 0.15) is 27.9 Å². The topological polar surface area (TPSA) is 68.7 Å². The Labute approximate surface area is 226 Å². The van der Waals surface area contributed by atoms with Gasteiger partial charge in [0.1, 0.15) is 5.75 Å². The lowest BCUT2D eigenvalue weighted by atomic mass is 10.1. The van der Waals surface area contributed by atoms with Crippen LogP contribution in [0.25, 0.3) is 10.9 Å². The molecule has 0 atom stereocenters. The van der Waals surface area contributed by atoms with Crippen molar-refractivity contribution < 1.29 is 9.90 Å². The Morgan fingerprint density at radius 2 is 1.86 bits per heavy atom. The number of benzene rings is 3. The van der Waals surface area contributed by atoms with Gasteiger partial charge in [-0.2, -0.15) is 0 Å². The van der Waals surface area contributed by atoms with E-state index in [-0.39, 0.29) is 11.7 Å². The first-order valence-electron chi connectivity index (χ1n) is 12.3. The SMILES string of the molecule is Cc1cc(O)c(CN2CCCN(C(=O)c3ccc(NSc4cccc5cccnc45)cc3)CC2)cc1Cl. The number of hydrogen-bond acceptors (Lipinski definition) is 6. The molecule has 1 aromatic heterocycles. The standard InChI is InChI=1S/C29H29ClN4O2S/c1-20-17-26(35)23(18-25(20)30)19-33-13-4-14-34(16-15-33)29(36)22-8-10-24(11-9-22)32-37-27-7-2-5-21-6-3-12-31-28(21)27/h2-3,5-12,17-18,32,35H,4,13-16,19H2,1H3. The minimum atomic E-state index is 0.0422. The number of aromatic hydroxyl groups is 1. The fraction of sp³-hybridized carbons (Fsp3) is 0.241. The molecule has 3 aromatic carbocycles. The summed E-state index contributed by atoms with van der Waals surface area (Å²) in [6.07, 6.45) is 2.68. The summed E-state index contributed by atoms with van der Waals surface area (Å²) in [6, 6.07) is 21.3. The van der Waals surface area contributed by atoms with Gasteiger partial charge in [-0.1, -0.05) is 29.8 Å². The summed E-state index contributed by atoms with van der Waals surface area (Å²) in [7, 11) is 0. The van der Waals surface area contributed by atoms with Crippen LogP contribution in [-0.2, 0) is 6.54 Å². The van der Waals surface area contributed by atoms with Crippen LogP contribution in [0.15, 0.2) is 77.8 Å². The van der Waals surface area contributed by atoms with Crippen molar-refractivity contribution in [2.45, 2.75) is 24.8 Å². The molecule has 190 valence electrons. The zero-order valence-corrected chi connectivity index (χ0v) is 22.2. The van der Waals surface area contributed by atoms with Gasteiger partial charge in [-0.25, -0.2) is 0 Å². The number of aryl methyl sites for hydroxylation is 1. The Morgan fingerprint density at radius 1 is 1.05 bits per heavy atom. The van der Waals surface area contributed by atoms with E-state index in [1.807, 2.05) is 60.4 Å². The van der Waals surface area contributed by atoms with Crippen LogP contribution < -0.4 is 4.72 Å². The molecule has 0 aliphatic carbocycles. The third-order valence-corrected chi connectivity index (χ3v) is 7.93. The highest BCUT2D eigenvalue weighted by Gasteiger charge is 2.21. The van der Waals surface area contributed by atoms with Crippen LogP contribution in [0.5, 0.6) is 5.75 Å². The highest BCUT2D eigenvalue weighted by atomic mass is 35.5. The maximum absolute atomic E-state index is 13.2. The largest absolute Gasteiger partial charge is 0.508 e. The van der Waals surface area contributed by atoms with Crippen LogP contribution in [0.2, 0.25) is 5.02 Å². The Morgan fingerprint density at radius 3 is 2.70 bits per heavy atom. The maximum atomic E-state index is 13.2. The highest BCUT2D eigenvalue weighted by Crippen LogP contribution is 2.29. The fourth-order valence-electron chi connectivity index (χ4n) is 4.54. The summed E-state index contributed by atoms with van der Waals surface area (Å²) in [5, 5.41) is 12.1. The highest BCUT2D eigenvalue weighted by molar-refractivity contribution is 8.00. The number of anilines is 1. The molecule has 4 aromatic rings. The van der Waals surface area contributed by atoms with Gasteiger partial charge < -0.3 is 14.7 Å². The predicted molar refractivity (Wildman–Crippen MR) is 151 cm³/mol. The van der Waals surface area contributed by atoms with Crippen LogP contribution in [0, 0.1) is 6.92 Å². The number of aromatic nitrogens is 1. The molecule has 1 fully saturated rings. The minimum Gasteiger partial charge on any atom is -0.508 e. The summed E-state index contributed by atoms with van der Waals surface area (Å²) in [5.74, 6) is 0.309. The molecule has 0 unspecified atom stereocenters. The van der Waals surface area contributed by atoms with Crippen molar-refractivity contribution in [3.8, 4) is 5.75 Å². The molecule has 1 aliphatic heterocycles. The third-order valence-electron chi connectivity index (χ3n) is 6.64. The number of phenolic OH excluding ortho intramolecular Hbond substituents is 1. The molecule has 2 heterocycles. The average Bonchev–Trinajstić information content (AvgIpc) is 3.16. The minimum absolute atomic E-state index is 0.0422. The number of fused-ring (bicyclic) bond motifs is 1. The lowest BCUT2D eigenvalue weighted by molar-refractivity contribution is 0.0761. The molecule has 0 spiro atoms. The number of carbonyl (C=O) groups is 1. The second kappa shape index (κ2) is 11.4. The molecule has 37 heavy (non-hydrogen) atoms. The van der Waals surface area contributed by atoms with Gasteiger partial charge in [0.25, 0.3) is 5.91 Å². The zero-order valence-electron chi connectivity index (χ0n) is 20.7. The summed E-state index contributed by atoms with van der Waals surface area (Å²) in [6.45, 7) is 5.44. The van der Waals surface area contributed by atoms with E-state index >= 15 is 0 Å². The molecule has 1 saturated heterocycles. The molecular weight excluding hydrogens is 504 g/mol. The molecule has 0 bridgehead atoms. The van der Waals surface area contributed by atoms with E-state index in [1.165, 1.54) is 11.9 Å². The van der Waals surface area contributed by atoms with Crippen molar-refractivity contribution in [3.63, 3.8) is 0 Å². The number of halogens is 1. The molecule has 0 radical (unpaired) electrons. The molecule has 1 aliphatic rings. The maximum Gasteiger partial charge on any atom is 0.253 e. The summed E-state index contributed by atoms with van der Waals surface area (Å²) >= 11 is 7.77. The summed E-state index contributed by atoms with van der Waals surface area (Å²) in [5.41, 5.74) is 4.24. The normalized spacial score (nSPS) is 14.5. The average molecular weight is 533 g/mol. The first kappa shape index (κ1) is 25.4. The predicted octanol–water partition coefficient (Wildman–Crippen LogP) is 6.37. The second-order valence-corrected chi connectivity index (χ2v) is 10.5. The van der Waals surface area contributed by atoms with Gasteiger partial charge >= 0.3 is 0 Å². The molecule has 2 N–H and O–H groups in total. The van der Waals surface area contributed by atoms with Crippen molar-refractivity contribution in [1.29, 1.82) is 0 Å².